The second-order valence-corrected chi connectivity index (χ2v) is 5.83. The summed E-state index contributed by atoms with van der Waals surface area (Å²) in [4.78, 5) is 21.9. The Balaban J connectivity index is 2.02. The fourth-order valence-corrected chi connectivity index (χ4v) is 2.75. The highest BCUT2D eigenvalue weighted by Crippen LogP contribution is 2.35. The summed E-state index contributed by atoms with van der Waals surface area (Å²) in [6.07, 6.45) is 2.10. The molecule has 0 amide bonds. The van der Waals surface area contributed by atoms with Crippen molar-refractivity contribution < 1.29 is 9.90 Å². The molecular weight excluding hydrogens is 278 g/mol. The van der Waals surface area contributed by atoms with E-state index in [-0.39, 0.29) is 0 Å². The molecule has 1 N–H and O–H groups in total. The number of benzene rings is 1. The molecule has 1 aromatic heterocycles. The summed E-state index contributed by atoms with van der Waals surface area (Å²) in [6.45, 7) is 2.91. The number of nitrogens with zero attached hydrogens (tertiary/aromatic N) is 3. The van der Waals surface area contributed by atoms with E-state index in [0.29, 0.717) is 24.5 Å². The SMILES string of the molecule is CC1(C(=O)O)CCN(c2ncnc3cc(Cl)ccc23)C1. The molecule has 1 aromatic carbocycles. The van der Waals surface area contributed by atoms with Crippen LogP contribution in [-0.4, -0.2) is 34.1 Å². The maximum Gasteiger partial charge on any atom is 0.311 e. The van der Waals surface area contributed by atoms with Crippen LogP contribution in [0.25, 0.3) is 10.9 Å². The molecule has 0 radical (unpaired) electrons. The summed E-state index contributed by atoms with van der Waals surface area (Å²) in [5, 5.41) is 10.8. The van der Waals surface area contributed by atoms with Gasteiger partial charge in [0.05, 0.1) is 10.9 Å². The van der Waals surface area contributed by atoms with Crippen LogP contribution in [0.15, 0.2) is 24.5 Å². The van der Waals surface area contributed by atoms with Crippen LogP contribution in [0.2, 0.25) is 5.02 Å². The Morgan fingerprint density at radius 3 is 2.95 bits per heavy atom. The molecule has 1 fully saturated rings. The van der Waals surface area contributed by atoms with Gasteiger partial charge in [-0.3, -0.25) is 4.79 Å². The van der Waals surface area contributed by atoms with Crippen LogP contribution in [0.3, 0.4) is 0 Å². The second-order valence-electron chi connectivity index (χ2n) is 5.40. The first-order valence-electron chi connectivity index (χ1n) is 6.38. The van der Waals surface area contributed by atoms with Crippen molar-refractivity contribution in [3.8, 4) is 0 Å². The monoisotopic (exact) mass is 291 g/mol. The zero-order valence-corrected chi connectivity index (χ0v) is 11.8. The molecule has 0 bridgehead atoms. The lowest BCUT2D eigenvalue weighted by molar-refractivity contribution is -0.146. The summed E-state index contributed by atoms with van der Waals surface area (Å²) >= 11 is 5.97. The Morgan fingerprint density at radius 1 is 1.45 bits per heavy atom. The molecule has 2 heterocycles. The molecule has 1 aliphatic rings. The largest absolute Gasteiger partial charge is 0.481 e. The molecule has 0 aliphatic carbocycles. The van der Waals surface area contributed by atoms with Crippen molar-refractivity contribution in [1.82, 2.24) is 9.97 Å². The van der Waals surface area contributed by atoms with Crippen LogP contribution < -0.4 is 4.90 Å². The first kappa shape index (κ1) is 13.1. The number of carbonyl (C=O) groups is 1. The average Bonchev–Trinajstić information content (AvgIpc) is 2.81. The number of aromatic nitrogens is 2. The van der Waals surface area contributed by atoms with E-state index in [1.54, 1.807) is 19.1 Å². The minimum Gasteiger partial charge on any atom is -0.481 e. The topological polar surface area (TPSA) is 66.3 Å². The number of rotatable bonds is 2. The van der Waals surface area contributed by atoms with Crippen molar-refractivity contribution in [3.63, 3.8) is 0 Å². The highest BCUT2D eigenvalue weighted by atomic mass is 35.5. The molecule has 5 nitrogen and oxygen atoms in total. The Bertz CT molecular complexity index is 691. The van der Waals surface area contributed by atoms with Crippen molar-refractivity contribution in [3.05, 3.63) is 29.5 Å². The van der Waals surface area contributed by atoms with Gasteiger partial charge in [-0.2, -0.15) is 0 Å². The lowest BCUT2D eigenvalue weighted by atomic mass is 9.90. The van der Waals surface area contributed by atoms with E-state index < -0.39 is 11.4 Å². The summed E-state index contributed by atoms with van der Waals surface area (Å²) in [7, 11) is 0. The van der Waals surface area contributed by atoms with Gasteiger partial charge in [-0.25, -0.2) is 9.97 Å². The summed E-state index contributed by atoms with van der Waals surface area (Å²) in [5.74, 6) is 0.0121. The van der Waals surface area contributed by atoms with Gasteiger partial charge in [-0.15, -0.1) is 0 Å². The second kappa shape index (κ2) is 4.59. The predicted molar refractivity (Wildman–Crippen MR) is 77.1 cm³/mol. The number of carboxylic acids is 1. The van der Waals surface area contributed by atoms with Crippen LogP contribution >= 0.6 is 11.6 Å². The van der Waals surface area contributed by atoms with Crippen molar-refractivity contribution in [2.45, 2.75) is 13.3 Å². The third-order valence-electron chi connectivity index (χ3n) is 3.87. The minimum atomic E-state index is -0.763. The highest BCUT2D eigenvalue weighted by molar-refractivity contribution is 6.31. The molecule has 1 unspecified atom stereocenters. The molecule has 20 heavy (non-hydrogen) atoms. The van der Waals surface area contributed by atoms with Crippen LogP contribution in [0.1, 0.15) is 13.3 Å². The third-order valence-corrected chi connectivity index (χ3v) is 4.10. The van der Waals surface area contributed by atoms with Crippen LogP contribution in [0.5, 0.6) is 0 Å². The normalized spacial score (nSPS) is 22.4. The maximum atomic E-state index is 11.3. The number of hydrogen-bond acceptors (Lipinski definition) is 4. The molecule has 0 saturated carbocycles. The molecule has 1 atom stereocenters. The Kier molecular flexibility index (Phi) is 3.01. The van der Waals surface area contributed by atoms with Gasteiger partial charge in [0, 0.05) is 23.5 Å². The summed E-state index contributed by atoms with van der Waals surface area (Å²) in [5.41, 5.74) is 0.0513. The molecule has 1 saturated heterocycles. The number of anilines is 1. The third kappa shape index (κ3) is 2.08. The Labute approximate surface area is 121 Å². The van der Waals surface area contributed by atoms with Gasteiger partial charge in [0.25, 0.3) is 0 Å². The lowest BCUT2D eigenvalue weighted by Crippen LogP contribution is -2.32. The van der Waals surface area contributed by atoms with Gasteiger partial charge in [0.2, 0.25) is 0 Å². The molecule has 1 aliphatic heterocycles. The molecular formula is C14H14ClN3O2. The Morgan fingerprint density at radius 2 is 2.25 bits per heavy atom. The molecule has 0 spiro atoms. The van der Waals surface area contributed by atoms with Crippen LogP contribution in [0, 0.1) is 5.41 Å². The van der Waals surface area contributed by atoms with E-state index in [4.69, 9.17) is 11.6 Å². The van der Waals surface area contributed by atoms with Gasteiger partial charge in [0.15, 0.2) is 0 Å². The minimum absolute atomic E-state index is 0.455. The number of carboxylic acid groups (broad SMARTS) is 1. The lowest BCUT2D eigenvalue weighted by Gasteiger charge is -2.21. The number of halogens is 1. The number of fused-ring (bicyclic) bond motifs is 1. The molecule has 2 aromatic rings. The summed E-state index contributed by atoms with van der Waals surface area (Å²) < 4.78 is 0. The molecule has 6 heteroatoms. The fraction of sp³-hybridized carbons (Fsp3) is 0.357. The fourth-order valence-electron chi connectivity index (χ4n) is 2.58. The first-order valence-corrected chi connectivity index (χ1v) is 6.76. The molecule has 3 rings (SSSR count). The van der Waals surface area contributed by atoms with Crippen molar-refractivity contribution >= 4 is 34.3 Å². The van der Waals surface area contributed by atoms with Crippen LogP contribution in [0.4, 0.5) is 5.82 Å². The maximum absolute atomic E-state index is 11.3. The number of aliphatic carboxylic acids is 1. The van der Waals surface area contributed by atoms with E-state index in [9.17, 15) is 9.90 Å². The predicted octanol–water partition coefficient (Wildman–Crippen LogP) is 2.58. The van der Waals surface area contributed by atoms with Gasteiger partial charge in [-0.1, -0.05) is 11.6 Å². The van der Waals surface area contributed by atoms with Crippen molar-refractivity contribution in [2.24, 2.45) is 5.41 Å². The number of hydrogen-bond donors (Lipinski definition) is 1. The van der Waals surface area contributed by atoms with Crippen molar-refractivity contribution in [1.29, 1.82) is 0 Å². The van der Waals surface area contributed by atoms with E-state index in [1.807, 2.05) is 11.0 Å². The Hall–Kier alpha value is -1.88. The standard InChI is InChI=1S/C14H14ClN3O2/c1-14(13(19)20)4-5-18(7-14)12-10-3-2-9(15)6-11(10)16-8-17-12/h2-3,6,8H,4-5,7H2,1H3,(H,19,20). The quantitative estimate of drug-likeness (QED) is 0.921. The highest BCUT2D eigenvalue weighted by Gasteiger charge is 2.41. The van der Waals surface area contributed by atoms with E-state index in [1.165, 1.54) is 6.33 Å². The van der Waals surface area contributed by atoms with E-state index in [2.05, 4.69) is 9.97 Å². The van der Waals surface area contributed by atoms with E-state index >= 15 is 0 Å². The zero-order valence-electron chi connectivity index (χ0n) is 11.0. The van der Waals surface area contributed by atoms with Gasteiger partial charge in [0.1, 0.15) is 12.1 Å². The van der Waals surface area contributed by atoms with E-state index in [0.717, 1.165) is 16.7 Å². The van der Waals surface area contributed by atoms with Crippen LogP contribution in [-0.2, 0) is 4.79 Å². The van der Waals surface area contributed by atoms with Gasteiger partial charge in [-0.05, 0) is 31.5 Å². The van der Waals surface area contributed by atoms with Crippen molar-refractivity contribution in [2.75, 3.05) is 18.0 Å². The first-order chi connectivity index (χ1) is 9.49. The van der Waals surface area contributed by atoms with Gasteiger partial charge < -0.3 is 10.0 Å². The zero-order chi connectivity index (χ0) is 14.3. The smallest absolute Gasteiger partial charge is 0.311 e. The average molecular weight is 292 g/mol. The van der Waals surface area contributed by atoms with Gasteiger partial charge >= 0.3 is 5.97 Å². The molecule has 104 valence electrons. The summed E-state index contributed by atoms with van der Waals surface area (Å²) in [6, 6.07) is 5.46.